The monoisotopic (exact) mass is 436 g/mol. The van der Waals surface area contributed by atoms with Crippen LogP contribution in [0.3, 0.4) is 0 Å². The smallest absolute Gasteiger partial charge is 0.336 e. The fraction of sp³-hybridized carbons (Fsp3) is 0.125. The van der Waals surface area contributed by atoms with E-state index in [0.717, 1.165) is 12.1 Å². The van der Waals surface area contributed by atoms with Gasteiger partial charge in [0.1, 0.15) is 17.3 Å². The lowest BCUT2D eigenvalue weighted by molar-refractivity contribution is -0.128. The summed E-state index contributed by atoms with van der Waals surface area (Å²) in [5, 5.41) is 16.2. The van der Waals surface area contributed by atoms with Crippen LogP contribution in [0.15, 0.2) is 65.8 Å². The molecule has 0 bridgehead atoms. The maximum atomic E-state index is 14.0. The number of carbonyl (C=O) groups is 2. The molecule has 1 aliphatic rings. The van der Waals surface area contributed by atoms with E-state index in [1.165, 1.54) is 24.3 Å². The average molecular weight is 436 g/mol. The first-order valence-electron chi connectivity index (χ1n) is 9.67. The summed E-state index contributed by atoms with van der Waals surface area (Å²) in [5.41, 5.74) is 0.226. The number of anilines is 2. The molecule has 1 aliphatic heterocycles. The van der Waals surface area contributed by atoms with E-state index in [1.807, 2.05) is 0 Å². The van der Waals surface area contributed by atoms with Gasteiger partial charge in [-0.15, -0.1) is 0 Å². The highest BCUT2D eigenvalue weighted by molar-refractivity contribution is 6.49. The predicted molar refractivity (Wildman–Crippen MR) is 115 cm³/mol. The summed E-state index contributed by atoms with van der Waals surface area (Å²) in [5.74, 6) is -3.10. The van der Waals surface area contributed by atoms with E-state index >= 15 is 0 Å². The van der Waals surface area contributed by atoms with Crippen LogP contribution >= 0.6 is 0 Å². The SMILES string of the molecule is CC1(C)ON=C(c2cccc(-c3ccc(Nc4c(F)cccc4F)cc3C(=O)O)c2)C1=O. The van der Waals surface area contributed by atoms with Gasteiger partial charge < -0.3 is 15.3 Å². The van der Waals surface area contributed by atoms with Gasteiger partial charge in [-0.3, -0.25) is 4.79 Å². The number of benzene rings is 3. The van der Waals surface area contributed by atoms with Gasteiger partial charge in [0.15, 0.2) is 11.3 Å². The van der Waals surface area contributed by atoms with Crippen molar-refractivity contribution in [2.75, 3.05) is 5.32 Å². The Hall–Kier alpha value is -4.07. The Kier molecular flexibility index (Phi) is 5.22. The Morgan fingerprint density at radius 3 is 2.28 bits per heavy atom. The van der Waals surface area contributed by atoms with Gasteiger partial charge in [-0.2, -0.15) is 0 Å². The minimum atomic E-state index is -1.22. The minimum Gasteiger partial charge on any atom is -0.478 e. The standard InChI is InChI=1S/C24H18F2N2O4/c1-24(2)22(29)20(28-32-24)14-6-3-5-13(11-14)16-10-9-15(12-17(16)23(30)31)27-21-18(25)7-4-8-19(21)26/h3-12,27H,1-2H3,(H,30,31). The Morgan fingerprint density at radius 2 is 1.66 bits per heavy atom. The molecule has 0 aromatic heterocycles. The van der Waals surface area contributed by atoms with Gasteiger partial charge in [-0.25, -0.2) is 13.6 Å². The Balaban J connectivity index is 1.72. The van der Waals surface area contributed by atoms with Crippen molar-refractivity contribution in [3.63, 3.8) is 0 Å². The van der Waals surface area contributed by atoms with E-state index < -0.39 is 23.2 Å². The van der Waals surface area contributed by atoms with Crippen molar-refractivity contribution in [3.8, 4) is 11.1 Å². The molecule has 3 aromatic carbocycles. The number of hydrogen-bond acceptors (Lipinski definition) is 5. The topological polar surface area (TPSA) is 88.0 Å². The summed E-state index contributed by atoms with van der Waals surface area (Å²) in [6.45, 7) is 3.23. The zero-order valence-electron chi connectivity index (χ0n) is 17.1. The fourth-order valence-electron chi connectivity index (χ4n) is 3.36. The molecule has 0 atom stereocenters. The molecule has 0 amide bonds. The van der Waals surface area contributed by atoms with Crippen molar-refractivity contribution < 1.29 is 28.3 Å². The van der Waals surface area contributed by atoms with E-state index in [-0.39, 0.29) is 28.4 Å². The molecule has 0 saturated carbocycles. The van der Waals surface area contributed by atoms with Crippen molar-refractivity contribution in [2.24, 2.45) is 5.16 Å². The number of halogens is 2. The molecule has 0 spiro atoms. The van der Waals surface area contributed by atoms with Crippen LogP contribution < -0.4 is 5.32 Å². The first-order valence-corrected chi connectivity index (χ1v) is 9.67. The van der Waals surface area contributed by atoms with Crippen molar-refractivity contribution >= 4 is 28.8 Å². The maximum absolute atomic E-state index is 14.0. The number of hydrogen-bond donors (Lipinski definition) is 2. The van der Waals surface area contributed by atoms with Crippen molar-refractivity contribution in [1.29, 1.82) is 0 Å². The molecule has 162 valence electrons. The van der Waals surface area contributed by atoms with Crippen LogP contribution in [0.1, 0.15) is 29.8 Å². The molecule has 8 heteroatoms. The number of para-hydroxylation sites is 1. The average Bonchev–Trinajstić information content (AvgIpc) is 3.03. The van der Waals surface area contributed by atoms with Gasteiger partial charge >= 0.3 is 5.97 Å². The molecular weight excluding hydrogens is 418 g/mol. The largest absolute Gasteiger partial charge is 0.478 e. The summed E-state index contributed by atoms with van der Waals surface area (Å²) < 4.78 is 27.9. The first-order chi connectivity index (χ1) is 15.2. The lowest BCUT2D eigenvalue weighted by Crippen LogP contribution is -2.33. The second-order valence-corrected chi connectivity index (χ2v) is 7.74. The first kappa shape index (κ1) is 21.2. The highest BCUT2D eigenvalue weighted by Crippen LogP contribution is 2.31. The number of carboxylic acid groups (broad SMARTS) is 1. The van der Waals surface area contributed by atoms with Gasteiger partial charge in [0, 0.05) is 11.3 Å². The van der Waals surface area contributed by atoms with Gasteiger partial charge in [0.05, 0.1) is 5.56 Å². The number of rotatable bonds is 5. The summed E-state index contributed by atoms with van der Waals surface area (Å²) in [6.07, 6.45) is 0. The molecule has 2 N–H and O–H groups in total. The lowest BCUT2D eigenvalue weighted by atomic mass is 9.92. The van der Waals surface area contributed by atoms with Crippen LogP contribution in [0.2, 0.25) is 0 Å². The van der Waals surface area contributed by atoms with E-state index in [2.05, 4.69) is 10.5 Å². The molecular formula is C24H18F2N2O4. The van der Waals surface area contributed by atoms with Crippen LogP contribution in [0.4, 0.5) is 20.2 Å². The van der Waals surface area contributed by atoms with Gasteiger partial charge in [-0.05, 0) is 55.3 Å². The molecule has 32 heavy (non-hydrogen) atoms. The summed E-state index contributed by atoms with van der Waals surface area (Å²) >= 11 is 0. The molecule has 0 radical (unpaired) electrons. The van der Waals surface area contributed by atoms with Gasteiger partial charge in [-0.1, -0.05) is 35.5 Å². The van der Waals surface area contributed by atoms with Gasteiger partial charge in [0.2, 0.25) is 5.78 Å². The third-order valence-electron chi connectivity index (χ3n) is 5.06. The number of carboxylic acids is 1. The molecule has 6 nitrogen and oxygen atoms in total. The minimum absolute atomic E-state index is 0.0832. The fourth-order valence-corrected chi connectivity index (χ4v) is 3.36. The number of ketones is 1. The number of nitrogens with one attached hydrogen (secondary N) is 1. The van der Waals surface area contributed by atoms with Crippen LogP contribution in [0.25, 0.3) is 11.1 Å². The third kappa shape index (κ3) is 3.82. The Morgan fingerprint density at radius 1 is 1.00 bits per heavy atom. The molecule has 1 heterocycles. The second kappa shape index (κ2) is 7.88. The van der Waals surface area contributed by atoms with E-state index in [0.29, 0.717) is 16.7 Å². The predicted octanol–water partition coefficient (Wildman–Crippen LogP) is 5.16. The van der Waals surface area contributed by atoms with Crippen LogP contribution in [-0.2, 0) is 9.63 Å². The van der Waals surface area contributed by atoms with E-state index in [1.54, 1.807) is 38.1 Å². The number of aromatic carboxylic acids is 1. The zero-order chi connectivity index (χ0) is 23.0. The molecule has 0 saturated heterocycles. The second-order valence-electron chi connectivity index (χ2n) is 7.74. The molecule has 0 fully saturated rings. The lowest BCUT2D eigenvalue weighted by Gasteiger charge is -2.13. The van der Waals surface area contributed by atoms with Crippen molar-refractivity contribution in [1.82, 2.24) is 0 Å². The number of Topliss-reactive ketones (excluding diaryl/α,β-unsaturated/α-hetero) is 1. The molecule has 4 rings (SSSR count). The summed E-state index contributed by atoms with van der Waals surface area (Å²) in [7, 11) is 0. The van der Waals surface area contributed by atoms with Gasteiger partial charge in [0.25, 0.3) is 0 Å². The quantitative estimate of drug-likeness (QED) is 0.577. The van der Waals surface area contributed by atoms with E-state index in [4.69, 9.17) is 4.84 Å². The van der Waals surface area contributed by atoms with Crippen LogP contribution in [0, 0.1) is 11.6 Å². The number of nitrogens with zero attached hydrogens (tertiary/aromatic N) is 1. The Bertz CT molecular complexity index is 1260. The molecule has 0 unspecified atom stereocenters. The summed E-state index contributed by atoms with van der Waals surface area (Å²) in [6, 6.07) is 14.5. The number of carbonyl (C=O) groups excluding carboxylic acids is 1. The highest BCUT2D eigenvalue weighted by Gasteiger charge is 2.40. The zero-order valence-corrected chi connectivity index (χ0v) is 17.1. The van der Waals surface area contributed by atoms with Crippen LogP contribution in [0.5, 0.6) is 0 Å². The van der Waals surface area contributed by atoms with Crippen LogP contribution in [-0.4, -0.2) is 28.2 Å². The van der Waals surface area contributed by atoms with E-state index in [9.17, 15) is 23.5 Å². The molecule has 0 aliphatic carbocycles. The third-order valence-corrected chi connectivity index (χ3v) is 5.06. The Labute approximate surface area is 182 Å². The maximum Gasteiger partial charge on any atom is 0.336 e. The molecule has 3 aromatic rings. The normalized spacial score (nSPS) is 14.6. The van der Waals surface area contributed by atoms with Crippen molar-refractivity contribution in [3.05, 3.63) is 83.4 Å². The highest BCUT2D eigenvalue weighted by atomic mass is 19.1. The summed E-state index contributed by atoms with van der Waals surface area (Å²) in [4.78, 5) is 29.6. The van der Waals surface area contributed by atoms with Crippen molar-refractivity contribution in [2.45, 2.75) is 19.4 Å². The number of oxime groups is 1.